The minimum Gasteiger partial charge on any atom is -0.490 e. The number of halogens is 1. The first kappa shape index (κ1) is 27.8. The van der Waals surface area contributed by atoms with Gasteiger partial charge in [0.1, 0.15) is 0 Å². The number of benzene rings is 1. The van der Waals surface area contributed by atoms with Crippen molar-refractivity contribution < 1.29 is 14.3 Å². The van der Waals surface area contributed by atoms with Gasteiger partial charge in [-0.05, 0) is 42.6 Å². The minimum absolute atomic E-state index is 0.451. The molecule has 31 heavy (non-hydrogen) atoms. The molecule has 4 heteroatoms. The van der Waals surface area contributed by atoms with Gasteiger partial charge in [-0.2, -0.15) is 0 Å². The number of carbonyl (C=O) groups is 1. The molecule has 3 nitrogen and oxygen atoms in total. The van der Waals surface area contributed by atoms with Gasteiger partial charge in [-0.15, -0.1) is 0 Å². The Bertz CT molecular complexity index is 574. The van der Waals surface area contributed by atoms with Gasteiger partial charge >= 0.3 is 0 Å². The lowest BCUT2D eigenvalue weighted by molar-refractivity contribution is 0.108. The van der Waals surface area contributed by atoms with Crippen LogP contribution in [0.1, 0.15) is 127 Å². The molecule has 0 heterocycles. The van der Waals surface area contributed by atoms with Crippen LogP contribution in [0, 0.1) is 0 Å². The first-order valence-electron chi connectivity index (χ1n) is 12.8. The molecule has 1 aromatic carbocycles. The molecular weight excluding hydrogens is 408 g/mol. The van der Waals surface area contributed by atoms with E-state index in [1.54, 1.807) is 12.1 Å². The molecule has 0 bridgehead atoms. The van der Waals surface area contributed by atoms with E-state index < -0.39 is 5.24 Å². The topological polar surface area (TPSA) is 35.5 Å². The highest BCUT2D eigenvalue weighted by atomic mass is 35.5. The van der Waals surface area contributed by atoms with Crippen LogP contribution in [-0.4, -0.2) is 18.5 Å². The van der Waals surface area contributed by atoms with Crippen LogP contribution < -0.4 is 9.47 Å². The molecule has 0 amide bonds. The fourth-order valence-electron chi connectivity index (χ4n) is 3.70. The second-order valence-corrected chi connectivity index (χ2v) is 8.93. The van der Waals surface area contributed by atoms with E-state index in [9.17, 15) is 4.79 Å². The van der Waals surface area contributed by atoms with Gasteiger partial charge in [-0.3, -0.25) is 4.79 Å². The number of ether oxygens (including phenoxy) is 2. The summed E-state index contributed by atoms with van der Waals surface area (Å²) in [7, 11) is 0. The largest absolute Gasteiger partial charge is 0.490 e. The Balaban J connectivity index is 2.30. The molecule has 0 aliphatic carbocycles. The summed E-state index contributed by atoms with van der Waals surface area (Å²) >= 11 is 5.65. The zero-order chi connectivity index (χ0) is 22.6. The van der Waals surface area contributed by atoms with Crippen LogP contribution in [-0.2, 0) is 0 Å². The third-order valence-electron chi connectivity index (χ3n) is 5.68. The van der Waals surface area contributed by atoms with E-state index in [4.69, 9.17) is 21.1 Å². The van der Waals surface area contributed by atoms with Gasteiger partial charge in [0.15, 0.2) is 11.5 Å². The fraction of sp³-hybridized carbons (Fsp3) is 0.741. The standard InChI is InChI=1S/C27H45ClO3/c1-3-5-7-9-11-13-15-17-21-30-25-20-19-24(27(28)29)23-26(25)31-22-18-16-14-12-10-8-6-4-2/h19-20,23H,3-18,21-22H2,1-2H3. The van der Waals surface area contributed by atoms with Gasteiger partial charge in [0.25, 0.3) is 5.24 Å². The molecule has 0 atom stereocenters. The fourth-order valence-corrected chi connectivity index (χ4v) is 3.82. The predicted molar refractivity (Wildman–Crippen MR) is 133 cm³/mol. The molecule has 0 saturated carbocycles. The van der Waals surface area contributed by atoms with Crippen molar-refractivity contribution in [1.82, 2.24) is 0 Å². The summed E-state index contributed by atoms with van der Waals surface area (Å²) < 4.78 is 11.9. The molecule has 0 radical (unpaired) electrons. The molecule has 0 spiro atoms. The van der Waals surface area contributed by atoms with Crippen molar-refractivity contribution in [3.63, 3.8) is 0 Å². The van der Waals surface area contributed by atoms with E-state index in [-0.39, 0.29) is 0 Å². The molecule has 0 unspecified atom stereocenters. The van der Waals surface area contributed by atoms with Crippen LogP contribution in [0.3, 0.4) is 0 Å². The van der Waals surface area contributed by atoms with Gasteiger partial charge in [0, 0.05) is 5.56 Å². The van der Waals surface area contributed by atoms with E-state index in [0.717, 1.165) is 12.8 Å². The number of hydrogen-bond donors (Lipinski definition) is 0. The molecule has 0 aliphatic heterocycles. The van der Waals surface area contributed by atoms with Crippen LogP contribution in [0.2, 0.25) is 0 Å². The molecule has 0 saturated heterocycles. The quantitative estimate of drug-likeness (QED) is 0.138. The lowest BCUT2D eigenvalue weighted by atomic mass is 10.1. The maximum absolute atomic E-state index is 11.5. The summed E-state index contributed by atoms with van der Waals surface area (Å²) in [6.45, 7) is 5.82. The second kappa shape index (κ2) is 19.5. The normalized spacial score (nSPS) is 10.9. The number of unbranched alkanes of at least 4 members (excludes halogenated alkanes) is 14. The lowest BCUT2D eigenvalue weighted by Gasteiger charge is -2.14. The first-order chi connectivity index (χ1) is 15.2. The summed E-state index contributed by atoms with van der Waals surface area (Å²) in [5.41, 5.74) is 0.451. The highest BCUT2D eigenvalue weighted by molar-refractivity contribution is 6.67. The average Bonchev–Trinajstić information content (AvgIpc) is 2.77. The molecule has 1 rings (SSSR count). The summed E-state index contributed by atoms with van der Waals surface area (Å²) in [4.78, 5) is 11.5. The minimum atomic E-state index is -0.466. The summed E-state index contributed by atoms with van der Waals surface area (Å²) in [5.74, 6) is 1.35. The van der Waals surface area contributed by atoms with Crippen molar-refractivity contribution in [3.05, 3.63) is 23.8 Å². The van der Waals surface area contributed by atoms with E-state index in [1.165, 1.54) is 89.9 Å². The highest BCUT2D eigenvalue weighted by Crippen LogP contribution is 2.29. The van der Waals surface area contributed by atoms with Gasteiger partial charge in [0.05, 0.1) is 13.2 Å². The summed E-state index contributed by atoms with van der Waals surface area (Å²) in [6, 6.07) is 5.23. The molecule has 0 N–H and O–H groups in total. The monoisotopic (exact) mass is 452 g/mol. The van der Waals surface area contributed by atoms with E-state index in [1.807, 2.05) is 6.07 Å². The van der Waals surface area contributed by atoms with Crippen LogP contribution in [0.15, 0.2) is 18.2 Å². The van der Waals surface area contributed by atoms with Gasteiger partial charge in [-0.25, -0.2) is 0 Å². The zero-order valence-corrected chi connectivity index (χ0v) is 20.8. The maximum Gasteiger partial charge on any atom is 0.252 e. The molecular formula is C27H45ClO3. The van der Waals surface area contributed by atoms with Crippen LogP contribution >= 0.6 is 11.6 Å². The Morgan fingerprint density at radius 3 is 1.52 bits per heavy atom. The molecule has 0 aromatic heterocycles. The SMILES string of the molecule is CCCCCCCCCCOc1ccc(C(=O)Cl)cc1OCCCCCCCCCC. The highest BCUT2D eigenvalue weighted by Gasteiger charge is 2.10. The Hall–Kier alpha value is -1.22. The number of hydrogen-bond acceptors (Lipinski definition) is 3. The number of rotatable bonds is 21. The third-order valence-corrected chi connectivity index (χ3v) is 5.90. The molecule has 178 valence electrons. The third kappa shape index (κ3) is 14.5. The van der Waals surface area contributed by atoms with E-state index in [2.05, 4.69) is 13.8 Å². The lowest BCUT2D eigenvalue weighted by Crippen LogP contribution is -2.04. The van der Waals surface area contributed by atoms with Crippen molar-refractivity contribution in [1.29, 1.82) is 0 Å². The van der Waals surface area contributed by atoms with Gasteiger partial charge < -0.3 is 9.47 Å². The van der Waals surface area contributed by atoms with Crippen molar-refractivity contribution in [2.24, 2.45) is 0 Å². The van der Waals surface area contributed by atoms with Crippen molar-refractivity contribution in [2.45, 2.75) is 117 Å². The van der Waals surface area contributed by atoms with E-state index >= 15 is 0 Å². The Morgan fingerprint density at radius 2 is 1.06 bits per heavy atom. The second-order valence-electron chi connectivity index (χ2n) is 8.58. The molecule has 0 fully saturated rings. The summed E-state index contributed by atoms with van der Waals surface area (Å²) in [6.07, 6.45) is 20.3. The van der Waals surface area contributed by atoms with Gasteiger partial charge in [0.2, 0.25) is 0 Å². The van der Waals surface area contributed by atoms with E-state index in [0.29, 0.717) is 30.3 Å². The van der Waals surface area contributed by atoms with Crippen molar-refractivity contribution >= 4 is 16.8 Å². The summed E-state index contributed by atoms with van der Waals surface area (Å²) in [5, 5.41) is -0.466. The van der Waals surface area contributed by atoms with Crippen LogP contribution in [0.4, 0.5) is 0 Å². The smallest absolute Gasteiger partial charge is 0.252 e. The maximum atomic E-state index is 11.5. The predicted octanol–water partition coefficient (Wildman–Crippen LogP) is 9.10. The Labute approximate surface area is 196 Å². The molecule has 0 aliphatic rings. The van der Waals surface area contributed by atoms with Crippen molar-refractivity contribution in [3.8, 4) is 11.5 Å². The van der Waals surface area contributed by atoms with Crippen LogP contribution in [0.5, 0.6) is 11.5 Å². The molecule has 1 aromatic rings. The average molecular weight is 453 g/mol. The first-order valence-corrected chi connectivity index (χ1v) is 13.2. The zero-order valence-electron chi connectivity index (χ0n) is 20.1. The Kier molecular flexibility index (Phi) is 17.5. The Morgan fingerprint density at radius 1 is 0.645 bits per heavy atom. The van der Waals surface area contributed by atoms with Crippen molar-refractivity contribution in [2.75, 3.05) is 13.2 Å². The van der Waals surface area contributed by atoms with Gasteiger partial charge in [-0.1, -0.05) is 104 Å². The number of carbonyl (C=O) groups excluding carboxylic acids is 1. The van der Waals surface area contributed by atoms with Crippen LogP contribution in [0.25, 0.3) is 0 Å².